The number of hydrazine groups is 1. The standard InChI is InChI=1S/C17H16ClN3O2/c18-12-2-1-10-7-11-9-19-21(13-3-5-14(22)6-4-13)17(23)16(11)20-15(10)8-12/h1-6,8,17,19-20,22-23H,7,9H2. The van der Waals surface area contributed by atoms with Crippen molar-refractivity contribution < 1.29 is 10.2 Å². The summed E-state index contributed by atoms with van der Waals surface area (Å²) in [5.41, 5.74) is 8.01. The second kappa shape index (κ2) is 5.45. The van der Waals surface area contributed by atoms with E-state index in [1.807, 2.05) is 18.2 Å². The molecule has 0 aliphatic carbocycles. The number of hydrogen-bond acceptors (Lipinski definition) is 5. The molecule has 0 fully saturated rings. The minimum atomic E-state index is -0.838. The summed E-state index contributed by atoms with van der Waals surface area (Å²) >= 11 is 6.06. The van der Waals surface area contributed by atoms with E-state index in [-0.39, 0.29) is 5.75 Å². The quantitative estimate of drug-likeness (QED) is 0.647. The molecule has 0 spiro atoms. The number of fused-ring (bicyclic) bond motifs is 1. The van der Waals surface area contributed by atoms with E-state index < -0.39 is 6.23 Å². The number of aliphatic hydroxyl groups excluding tert-OH is 1. The number of hydrogen-bond donors (Lipinski definition) is 4. The maximum Gasteiger partial charge on any atom is 0.182 e. The fourth-order valence-electron chi connectivity index (χ4n) is 3.02. The Labute approximate surface area is 138 Å². The topological polar surface area (TPSA) is 67.8 Å². The second-order valence-electron chi connectivity index (χ2n) is 5.72. The molecule has 5 nitrogen and oxygen atoms in total. The van der Waals surface area contributed by atoms with Gasteiger partial charge in [0.1, 0.15) is 5.75 Å². The fourth-order valence-corrected chi connectivity index (χ4v) is 3.20. The van der Waals surface area contributed by atoms with Crippen molar-refractivity contribution in [1.82, 2.24) is 5.43 Å². The van der Waals surface area contributed by atoms with Gasteiger partial charge >= 0.3 is 0 Å². The van der Waals surface area contributed by atoms with E-state index in [2.05, 4.69) is 10.7 Å². The number of rotatable bonds is 1. The number of nitrogens with zero attached hydrogens (tertiary/aromatic N) is 1. The number of halogens is 1. The number of phenols is 1. The lowest BCUT2D eigenvalue weighted by Gasteiger charge is -2.40. The molecule has 2 aromatic rings. The van der Waals surface area contributed by atoms with Crippen LogP contribution in [0.3, 0.4) is 0 Å². The summed E-state index contributed by atoms with van der Waals surface area (Å²) in [6.45, 7) is 0.641. The van der Waals surface area contributed by atoms with E-state index in [1.165, 1.54) is 5.56 Å². The molecule has 2 aliphatic rings. The predicted octanol–water partition coefficient (Wildman–Crippen LogP) is 2.61. The Morgan fingerprint density at radius 1 is 1.13 bits per heavy atom. The van der Waals surface area contributed by atoms with Crippen molar-refractivity contribution in [3.05, 3.63) is 64.3 Å². The lowest BCUT2D eigenvalue weighted by molar-refractivity contribution is 0.182. The fraction of sp³-hybridized carbons (Fsp3) is 0.176. The maximum absolute atomic E-state index is 10.7. The third-order valence-corrected chi connectivity index (χ3v) is 4.45. The normalized spacial score (nSPS) is 19.9. The van der Waals surface area contributed by atoms with Gasteiger partial charge in [0.25, 0.3) is 0 Å². The van der Waals surface area contributed by atoms with E-state index >= 15 is 0 Å². The van der Waals surface area contributed by atoms with Crippen LogP contribution in [0.25, 0.3) is 0 Å². The van der Waals surface area contributed by atoms with Crippen LogP contribution in [0.4, 0.5) is 11.4 Å². The first kappa shape index (κ1) is 14.4. The Kier molecular flexibility index (Phi) is 3.41. The first-order chi connectivity index (χ1) is 11.1. The Morgan fingerprint density at radius 3 is 2.70 bits per heavy atom. The molecule has 2 aliphatic heterocycles. The third kappa shape index (κ3) is 2.53. The van der Waals surface area contributed by atoms with Gasteiger partial charge in [-0.25, -0.2) is 5.43 Å². The van der Waals surface area contributed by atoms with Crippen LogP contribution >= 0.6 is 11.6 Å². The molecular weight excluding hydrogens is 314 g/mol. The molecule has 0 saturated carbocycles. The van der Waals surface area contributed by atoms with Gasteiger partial charge in [-0.05, 0) is 54.0 Å². The average molecular weight is 330 g/mol. The van der Waals surface area contributed by atoms with Crippen molar-refractivity contribution in [2.24, 2.45) is 0 Å². The Balaban J connectivity index is 1.65. The molecule has 0 bridgehead atoms. The third-order valence-electron chi connectivity index (χ3n) is 4.22. The minimum absolute atomic E-state index is 0.194. The summed E-state index contributed by atoms with van der Waals surface area (Å²) < 4.78 is 0. The van der Waals surface area contributed by atoms with Crippen molar-refractivity contribution in [2.75, 3.05) is 16.9 Å². The maximum atomic E-state index is 10.7. The zero-order chi connectivity index (χ0) is 16.0. The molecule has 118 valence electrons. The summed E-state index contributed by atoms with van der Waals surface area (Å²) in [5.74, 6) is 0.194. The van der Waals surface area contributed by atoms with Crippen LogP contribution in [-0.2, 0) is 6.42 Å². The lowest BCUT2D eigenvalue weighted by atomic mass is 9.95. The average Bonchev–Trinajstić information content (AvgIpc) is 2.55. The molecular formula is C17H16ClN3O2. The molecule has 4 rings (SSSR count). The molecule has 0 aromatic heterocycles. The molecule has 2 heterocycles. The molecule has 1 atom stereocenters. The van der Waals surface area contributed by atoms with Gasteiger partial charge in [0.05, 0.1) is 11.4 Å². The van der Waals surface area contributed by atoms with Crippen LogP contribution in [0.1, 0.15) is 5.56 Å². The van der Waals surface area contributed by atoms with Gasteiger partial charge in [-0.15, -0.1) is 0 Å². The minimum Gasteiger partial charge on any atom is -0.508 e. The van der Waals surface area contributed by atoms with Crippen LogP contribution in [0.15, 0.2) is 53.7 Å². The van der Waals surface area contributed by atoms with Crippen molar-refractivity contribution in [1.29, 1.82) is 0 Å². The number of aliphatic hydroxyl groups is 1. The van der Waals surface area contributed by atoms with Gasteiger partial charge < -0.3 is 15.5 Å². The number of anilines is 2. The predicted molar refractivity (Wildman–Crippen MR) is 90.4 cm³/mol. The highest BCUT2D eigenvalue weighted by Gasteiger charge is 2.31. The molecule has 1 unspecified atom stereocenters. The highest BCUT2D eigenvalue weighted by atomic mass is 35.5. The molecule has 6 heteroatoms. The number of phenolic OH excluding ortho intramolecular Hbond substituents is 1. The number of nitrogens with one attached hydrogen (secondary N) is 2. The number of benzene rings is 2. The van der Waals surface area contributed by atoms with Crippen LogP contribution < -0.4 is 15.8 Å². The van der Waals surface area contributed by atoms with Gasteiger partial charge in [-0.2, -0.15) is 0 Å². The molecule has 23 heavy (non-hydrogen) atoms. The Morgan fingerprint density at radius 2 is 1.91 bits per heavy atom. The molecule has 0 radical (unpaired) electrons. The highest BCUT2D eigenvalue weighted by Crippen LogP contribution is 2.34. The second-order valence-corrected chi connectivity index (χ2v) is 6.15. The van der Waals surface area contributed by atoms with Gasteiger partial charge in [-0.3, -0.25) is 5.01 Å². The van der Waals surface area contributed by atoms with Gasteiger partial charge in [-0.1, -0.05) is 17.7 Å². The SMILES string of the molecule is Oc1ccc(N2NCC3=C(Nc4cc(Cl)ccc4C3)C2O)cc1. The lowest BCUT2D eigenvalue weighted by Crippen LogP contribution is -2.54. The molecule has 0 saturated heterocycles. The van der Waals surface area contributed by atoms with Crippen LogP contribution in [-0.4, -0.2) is 23.0 Å². The van der Waals surface area contributed by atoms with Crippen molar-refractivity contribution in [2.45, 2.75) is 12.6 Å². The Hall–Kier alpha value is -2.21. The highest BCUT2D eigenvalue weighted by molar-refractivity contribution is 6.30. The zero-order valence-corrected chi connectivity index (χ0v) is 13.0. The van der Waals surface area contributed by atoms with Crippen molar-refractivity contribution in [3.8, 4) is 5.75 Å². The van der Waals surface area contributed by atoms with Crippen molar-refractivity contribution in [3.63, 3.8) is 0 Å². The summed E-state index contributed by atoms with van der Waals surface area (Å²) in [5, 5.41) is 25.8. The van der Waals surface area contributed by atoms with Crippen molar-refractivity contribution >= 4 is 23.0 Å². The van der Waals surface area contributed by atoms with E-state index in [1.54, 1.807) is 29.3 Å². The Bertz CT molecular complexity index is 789. The van der Waals surface area contributed by atoms with Crippen LogP contribution in [0.2, 0.25) is 5.02 Å². The van der Waals surface area contributed by atoms with Crippen LogP contribution in [0, 0.1) is 0 Å². The zero-order valence-electron chi connectivity index (χ0n) is 12.3. The van der Waals surface area contributed by atoms with E-state index in [0.717, 1.165) is 29.1 Å². The van der Waals surface area contributed by atoms with Gasteiger partial charge in [0.15, 0.2) is 6.23 Å². The monoisotopic (exact) mass is 329 g/mol. The molecule has 2 aromatic carbocycles. The largest absolute Gasteiger partial charge is 0.508 e. The summed E-state index contributed by atoms with van der Waals surface area (Å²) in [6, 6.07) is 12.5. The van der Waals surface area contributed by atoms with E-state index in [0.29, 0.717) is 11.6 Å². The smallest absolute Gasteiger partial charge is 0.182 e. The molecule has 4 N–H and O–H groups in total. The number of aromatic hydroxyl groups is 1. The first-order valence-electron chi connectivity index (χ1n) is 7.39. The van der Waals surface area contributed by atoms with E-state index in [9.17, 15) is 10.2 Å². The van der Waals surface area contributed by atoms with Gasteiger partial charge in [0.2, 0.25) is 0 Å². The summed E-state index contributed by atoms with van der Waals surface area (Å²) in [7, 11) is 0. The summed E-state index contributed by atoms with van der Waals surface area (Å²) in [4.78, 5) is 0. The first-order valence-corrected chi connectivity index (χ1v) is 7.77. The van der Waals surface area contributed by atoms with Gasteiger partial charge in [0, 0.05) is 17.3 Å². The molecule has 0 amide bonds. The van der Waals surface area contributed by atoms with E-state index in [4.69, 9.17) is 11.6 Å². The summed E-state index contributed by atoms with van der Waals surface area (Å²) in [6.07, 6.45) is -0.0575. The van der Waals surface area contributed by atoms with Crippen LogP contribution in [0.5, 0.6) is 5.75 Å².